The van der Waals surface area contributed by atoms with Gasteiger partial charge in [-0.05, 0) is 35.4 Å². The molecular weight excluding hydrogens is 503 g/mol. The smallest absolute Gasteiger partial charge is 0.341 e. The third kappa shape index (κ3) is 5.74. The molecule has 1 N–H and O–H groups in total. The van der Waals surface area contributed by atoms with E-state index in [9.17, 15) is 14.0 Å². The van der Waals surface area contributed by atoms with Crippen molar-refractivity contribution in [3.8, 4) is 16.9 Å². The molecular formula is C25H23FN4O4S2. The molecule has 0 radical (unpaired) electrons. The molecule has 4 rings (SSSR count). The number of rotatable bonds is 9. The molecule has 8 nitrogen and oxygen atoms in total. The first-order valence-corrected chi connectivity index (χ1v) is 12.7. The van der Waals surface area contributed by atoms with Gasteiger partial charge in [0.1, 0.15) is 28.0 Å². The lowest BCUT2D eigenvalue weighted by atomic mass is 10.0. The molecule has 0 spiro atoms. The van der Waals surface area contributed by atoms with E-state index in [1.54, 1.807) is 24.6 Å². The SMILES string of the molecule is COC(=O)c1c(-c2ccc(F)cc2)csc1NC(=O)CSc1nnc(Cc2ccc(OC)cc2)n1C. The van der Waals surface area contributed by atoms with Gasteiger partial charge in [0.05, 0.1) is 20.0 Å². The minimum absolute atomic E-state index is 0.0684. The Labute approximate surface area is 215 Å². The number of benzene rings is 2. The molecule has 0 aliphatic heterocycles. The van der Waals surface area contributed by atoms with Crippen LogP contribution >= 0.6 is 23.1 Å². The highest BCUT2D eigenvalue weighted by molar-refractivity contribution is 7.99. The van der Waals surface area contributed by atoms with Crippen LogP contribution in [0.25, 0.3) is 11.1 Å². The van der Waals surface area contributed by atoms with Gasteiger partial charge in [0.15, 0.2) is 5.16 Å². The van der Waals surface area contributed by atoms with Crippen molar-refractivity contribution in [3.63, 3.8) is 0 Å². The first-order chi connectivity index (χ1) is 17.4. The van der Waals surface area contributed by atoms with E-state index in [1.807, 2.05) is 35.9 Å². The van der Waals surface area contributed by atoms with Gasteiger partial charge in [-0.1, -0.05) is 36.0 Å². The Morgan fingerprint density at radius 1 is 1.08 bits per heavy atom. The van der Waals surface area contributed by atoms with Gasteiger partial charge < -0.3 is 19.4 Å². The van der Waals surface area contributed by atoms with E-state index in [4.69, 9.17) is 9.47 Å². The van der Waals surface area contributed by atoms with Gasteiger partial charge in [-0.15, -0.1) is 21.5 Å². The molecule has 1 amide bonds. The second-order valence-corrected chi connectivity index (χ2v) is 9.49. The second-order valence-electron chi connectivity index (χ2n) is 7.67. The fourth-order valence-electron chi connectivity index (χ4n) is 3.44. The van der Waals surface area contributed by atoms with E-state index in [-0.39, 0.29) is 23.0 Å². The lowest BCUT2D eigenvalue weighted by molar-refractivity contribution is -0.113. The normalized spacial score (nSPS) is 10.8. The van der Waals surface area contributed by atoms with Crippen molar-refractivity contribution in [2.24, 2.45) is 7.05 Å². The molecule has 0 atom stereocenters. The number of halogens is 1. The monoisotopic (exact) mass is 526 g/mol. The average molecular weight is 527 g/mol. The lowest BCUT2D eigenvalue weighted by Gasteiger charge is -2.08. The van der Waals surface area contributed by atoms with Crippen molar-refractivity contribution >= 4 is 40.0 Å². The zero-order chi connectivity index (χ0) is 25.7. The topological polar surface area (TPSA) is 95.3 Å². The van der Waals surface area contributed by atoms with Crippen LogP contribution in [0.3, 0.4) is 0 Å². The summed E-state index contributed by atoms with van der Waals surface area (Å²) in [4.78, 5) is 25.2. The molecule has 2 heterocycles. The average Bonchev–Trinajstić information content (AvgIpc) is 3.46. The number of nitrogens with one attached hydrogen (secondary N) is 1. The molecule has 2 aromatic heterocycles. The number of anilines is 1. The fraction of sp³-hybridized carbons (Fsp3) is 0.200. The number of carbonyl (C=O) groups excluding carboxylic acids is 2. The highest BCUT2D eigenvalue weighted by Crippen LogP contribution is 2.36. The van der Waals surface area contributed by atoms with E-state index in [1.165, 1.54) is 42.3 Å². The number of esters is 1. The lowest BCUT2D eigenvalue weighted by Crippen LogP contribution is -2.16. The van der Waals surface area contributed by atoms with Gasteiger partial charge in [0.2, 0.25) is 5.91 Å². The second kappa shape index (κ2) is 11.4. The van der Waals surface area contributed by atoms with E-state index < -0.39 is 5.97 Å². The summed E-state index contributed by atoms with van der Waals surface area (Å²) in [5, 5.41) is 13.9. The summed E-state index contributed by atoms with van der Waals surface area (Å²) in [7, 11) is 4.74. The molecule has 0 bridgehead atoms. The molecule has 0 saturated heterocycles. The van der Waals surface area contributed by atoms with Crippen LogP contribution in [0.1, 0.15) is 21.7 Å². The van der Waals surface area contributed by atoms with Crippen LogP contribution in [0, 0.1) is 5.82 Å². The molecule has 2 aromatic carbocycles. The molecule has 0 aliphatic rings. The predicted molar refractivity (Wildman–Crippen MR) is 137 cm³/mol. The Morgan fingerprint density at radius 3 is 2.47 bits per heavy atom. The van der Waals surface area contributed by atoms with Crippen LogP contribution < -0.4 is 10.1 Å². The van der Waals surface area contributed by atoms with Crippen molar-refractivity contribution in [2.45, 2.75) is 11.6 Å². The maximum Gasteiger partial charge on any atom is 0.341 e. The largest absolute Gasteiger partial charge is 0.497 e. The summed E-state index contributed by atoms with van der Waals surface area (Å²) in [6.45, 7) is 0. The number of carbonyl (C=O) groups is 2. The van der Waals surface area contributed by atoms with Crippen LogP contribution in [-0.4, -0.2) is 46.6 Å². The van der Waals surface area contributed by atoms with Gasteiger partial charge in [0, 0.05) is 24.4 Å². The van der Waals surface area contributed by atoms with Crippen LogP contribution in [0.15, 0.2) is 59.1 Å². The Kier molecular flexibility index (Phi) is 8.01. The van der Waals surface area contributed by atoms with Crippen molar-refractivity contribution in [1.82, 2.24) is 14.8 Å². The molecule has 186 valence electrons. The quantitative estimate of drug-likeness (QED) is 0.247. The number of thioether (sulfide) groups is 1. The number of aromatic nitrogens is 3. The number of methoxy groups -OCH3 is 2. The van der Waals surface area contributed by atoms with E-state index >= 15 is 0 Å². The summed E-state index contributed by atoms with van der Waals surface area (Å²) in [6, 6.07) is 13.5. The van der Waals surface area contributed by atoms with Gasteiger partial charge in [0.25, 0.3) is 0 Å². The molecule has 36 heavy (non-hydrogen) atoms. The molecule has 0 unspecified atom stereocenters. The maximum absolute atomic E-state index is 13.3. The predicted octanol–water partition coefficient (Wildman–Crippen LogP) is 4.80. The summed E-state index contributed by atoms with van der Waals surface area (Å²) in [6.07, 6.45) is 0.587. The first-order valence-electron chi connectivity index (χ1n) is 10.8. The summed E-state index contributed by atoms with van der Waals surface area (Å²) < 4.78 is 25.3. The minimum Gasteiger partial charge on any atom is -0.497 e. The van der Waals surface area contributed by atoms with Crippen molar-refractivity contribution in [2.75, 3.05) is 25.3 Å². The summed E-state index contributed by atoms with van der Waals surface area (Å²) in [5.41, 5.74) is 2.50. The van der Waals surface area contributed by atoms with Crippen LogP contribution in [0.5, 0.6) is 5.75 Å². The number of ether oxygens (including phenoxy) is 2. The highest BCUT2D eigenvalue weighted by Gasteiger charge is 2.23. The molecule has 11 heteroatoms. The standard InChI is InChI=1S/C25H23FN4O4S2/c1-30-20(12-15-4-10-18(33-2)11-5-15)28-29-25(30)36-14-21(31)27-23-22(24(32)34-3)19(13-35-23)16-6-8-17(26)9-7-16/h4-11,13H,12,14H2,1-3H3,(H,27,31). The summed E-state index contributed by atoms with van der Waals surface area (Å²) in [5.74, 6) is 0.337. The van der Waals surface area contributed by atoms with Crippen LogP contribution in [0.4, 0.5) is 9.39 Å². The zero-order valence-electron chi connectivity index (χ0n) is 19.8. The molecule has 4 aromatic rings. The van der Waals surface area contributed by atoms with Crippen molar-refractivity contribution < 1.29 is 23.5 Å². The van der Waals surface area contributed by atoms with Crippen LogP contribution in [0.2, 0.25) is 0 Å². The number of amides is 1. The van der Waals surface area contributed by atoms with E-state index in [0.717, 1.165) is 17.1 Å². The Bertz CT molecular complexity index is 1370. The van der Waals surface area contributed by atoms with Gasteiger partial charge in [-0.3, -0.25) is 4.79 Å². The highest BCUT2D eigenvalue weighted by atomic mass is 32.2. The Balaban J connectivity index is 1.42. The van der Waals surface area contributed by atoms with Crippen molar-refractivity contribution in [1.29, 1.82) is 0 Å². The first kappa shape index (κ1) is 25.4. The number of hydrogen-bond donors (Lipinski definition) is 1. The van der Waals surface area contributed by atoms with E-state index in [2.05, 4.69) is 15.5 Å². The minimum atomic E-state index is -0.588. The third-order valence-corrected chi connectivity index (χ3v) is 7.28. The molecule has 0 saturated carbocycles. The molecule has 0 aliphatic carbocycles. The van der Waals surface area contributed by atoms with Gasteiger partial charge >= 0.3 is 5.97 Å². The maximum atomic E-state index is 13.3. The third-order valence-electron chi connectivity index (χ3n) is 5.37. The Morgan fingerprint density at radius 2 is 1.81 bits per heavy atom. The fourth-order valence-corrected chi connectivity index (χ4v) is 5.14. The Hall–Kier alpha value is -3.70. The van der Waals surface area contributed by atoms with Gasteiger partial charge in [-0.25, -0.2) is 9.18 Å². The van der Waals surface area contributed by atoms with Crippen molar-refractivity contribution in [3.05, 3.63) is 76.7 Å². The van der Waals surface area contributed by atoms with E-state index in [0.29, 0.717) is 27.7 Å². The summed E-state index contributed by atoms with van der Waals surface area (Å²) >= 11 is 2.44. The van der Waals surface area contributed by atoms with Crippen LogP contribution in [-0.2, 0) is 23.0 Å². The number of thiophene rings is 1. The zero-order valence-corrected chi connectivity index (χ0v) is 21.4. The van der Waals surface area contributed by atoms with Gasteiger partial charge in [-0.2, -0.15) is 0 Å². The molecule has 0 fully saturated rings. The number of hydrogen-bond acceptors (Lipinski definition) is 8. The number of nitrogens with zero attached hydrogens (tertiary/aromatic N) is 3.